The summed E-state index contributed by atoms with van der Waals surface area (Å²) in [5.41, 5.74) is 1.99. The second kappa shape index (κ2) is 8.22. The van der Waals surface area contributed by atoms with E-state index in [1.54, 1.807) is 5.57 Å². The molecule has 0 aromatic rings. The Bertz CT molecular complexity index is 651. The van der Waals surface area contributed by atoms with Gasteiger partial charge >= 0.3 is 0 Å². The molecule has 0 amide bonds. The second-order valence-corrected chi connectivity index (χ2v) is 12.6. The Morgan fingerprint density at radius 1 is 1.13 bits per heavy atom. The molecule has 0 aromatic carbocycles. The fourth-order valence-corrected chi connectivity index (χ4v) is 8.80. The summed E-state index contributed by atoms with van der Waals surface area (Å²) in [5.74, 6) is 4.24. The lowest BCUT2D eigenvalue weighted by Crippen LogP contribution is -2.50. The van der Waals surface area contributed by atoms with Gasteiger partial charge in [-0.2, -0.15) is 0 Å². The van der Waals surface area contributed by atoms with Crippen molar-refractivity contribution in [3.8, 4) is 0 Å². The molecular formula is C28H48O2. The number of fused-ring (bicyclic) bond motifs is 5. The van der Waals surface area contributed by atoms with Crippen molar-refractivity contribution in [2.75, 3.05) is 0 Å². The monoisotopic (exact) mass is 416 g/mol. The van der Waals surface area contributed by atoms with E-state index in [4.69, 9.17) is 0 Å². The topological polar surface area (TPSA) is 40.5 Å². The van der Waals surface area contributed by atoms with E-state index in [1.807, 2.05) is 6.92 Å². The first-order valence-electron chi connectivity index (χ1n) is 13.2. The third kappa shape index (κ3) is 3.83. The van der Waals surface area contributed by atoms with Gasteiger partial charge in [-0.05, 0) is 112 Å². The summed E-state index contributed by atoms with van der Waals surface area (Å²) < 4.78 is 0. The second-order valence-electron chi connectivity index (χ2n) is 12.6. The van der Waals surface area contributed by atoms with Crippen molar-refractivity contribution in [1.82, 2.24) is 0 Å². The summed E-state index contributed by atoms with van der Waals surface area (Å²) in [6, 6.07) is 0. The maximum Gasteiger partial charge on any atom is 0.0617 e. The SMILES string of the molecule is CCC(C)(O)CCCC(C)C1CCC2C3CC=C4CC(O)CCC4(C)C3CCC12C. The lowest BCUT2D eigenvalue weighted by atomic mass is 9.47. The van der Waals surface area contributed by atoms with Crippen LogP contribution in [0.3, 0.4) is 0 Å². The Morgan fingerprint density at radius 2 is 1.90 bits per heavy atom. The van der Waals surface area contributed by atoms with Crippen molar-refractivity contribution < 1.29 is 10.2 Å². The minimum Gasteiger partial charge on any atom is -0.393 e. The van der Waals surface area contributed by atoms with Gasteiger partial charge in [-0.15, -0.1) is 0 Å². The van der Waals surface area contributed by atoms with Crippen LogP contribution in [0, 0.1) is 40.4 Å². The fourth-order valence-electron chi connectivity index (χ4n) is 8.80. The van der Waals surface area contributed by atoms with Gasteiger partial charge in [0.05, 0.1) is 11.7 Å². The molecule has 2 N–H and O–H groups in total. The van der Waals surface area contributed by atoms with Crippen molar-refractivity contribution in [3.05, 3.63) is 11.6 Å². The summed E-state index contributed by atoms with van der Waals surface area (Å²) in [6.45, 7) is 11.8. The molecule has 0 bridgehead atoms. The smallest absolute Gasteiger partial charge is 0.0617 e. The van der Waals surface area contributed by atoms with Crippen molar-refractivity contribution in [1.29, 1.82) is 0 Å². The zero-order valence-corrected chi connectivity index (χ0v) is 20.4. The number of hydrogen-bond donors (Lipinski definition) is 2. The number of aliphatic hydroxyl groups excluding tert-OH is 1. The fraction of sp³-hybridized carbons (Fsp3) is 0.929. The first kappa shape index (κ1) is 22.8. The average Bonchev–Trinajstić information content (AvgIpc) is 3.05. The molecule has 30 heavy (non-hydrogen) atoms. The lowest BCUT2D eigenvalue weighted by molar-refractivity contribution is -0.0576. The normalized spacial score (nSPS) is 46.2. The largest absolute Gasteiger partial charge is 0.393 e. The van der Waals surface area contributed by atoms with Gasteiger partial charge in [0.25, 0.3) is 0 Å². The van der Waals surface area contributed by atoms with Crippen LogP contribution in [0.1, 0.15) is 112 Å². The van der Waals surface area contributed by atoms with Crippen LogP contribution in [-0.4, -0.2) is 21.9 Å². The van der Waals surface area contributed by atoms with E-state index in [0.29, 0.717) is 10.8 Å². The zero-order valence-electron chi connectivity index (χ0n) is 20.4. The highest BCUT2D eigenvalue weighted by atomic mass is 16.3. The molecule has 2 nitrogen and oxygen atoms in total. The van der Waals surface area contributed by atoms with E-state index < -0.39 is 5.60 Å². The minimum absolute atomic E-state index is 0.0973. The summed E-state index contributed by atoms with van der Waals surface area (Å²) in [5, 5.41) is 20.6. The maximum absolute atomic E-state index is 10.4. The van der Waals surface area contributed by atoms with Gasteiger partial charge in [-0.25, -0.2) is 0 Å². The van der Waals surface area contributed by atoms with Gasteiger partial charge in [-0.3, -0.25) is 0 Å². The Balaban J connectivity index is 1.45. The van der Waals surface area contributed by atoms with Gasteiger partial charge < -0.3 is 10.2 Å². The molecule has 3 fully saturated rings. The molecule has 0 aromatic heterocycles. The zero-order chi connectivity index (χ0) is 21.7. The van der Waals surface area contributed by atoms with Crippen LogP contribution in [0.5, 0.6) is 0 Å². The molecule has 0 aliphatic heterocycles. The van der Waals surface area contributed by atoms with Gasteiger partial charge in [0.15, 0.2) is 0 Å². The molecule has 3 saturated carbocycles. The van der Waals surface area contributed by atoms with Crippen LogP contribution in [0.25, 0.3) is 0 Å². The molecule has 4 aliphatic rings. The first-order valence-corrected chi connectivity index (χ1v) is 13.2. The van der Waals surface area contributed by atoms with E-state index in [-0.39, 0.29) is 6.10 Å². The Hall–Kier alpha value is -0.340. The van der Waals surface area contributed by atoms with Crippen molar-refractivity contribution in [2.24, 2.45) is 40.4 Å². The maximum atomic E-state index is 10.4. The Labute approximate surface area is 185 Å². The molecule has 9 atom stereocenters. The molecule has 2 heteroatoms. The molecule has 172 valence electrons. The molecule has 4 rings (SSSR count). The Morgan fingerprint density at radius 3 is 2.63 bits per heavy atom. The number of allylic oxidation sites excluding steroid dienone is 1. The number of hydrogen-bond acceptors (Lipinski definition) is 2. The van der Waals surface area contributed by atoms with Crippen molar-refractivity contribution in [3.63, 3.8) is 0 Å². The van der Waals surface area contributed by atoms with Crippen LogP contribution >= 0.6 is 0 Å². The van der Waals surface area contributed by atoms with E-state index >= 15 is 0 Å². The highest BCUT2D eigenvalue weighted by Gasteiger charge is 2.59. The molecule has 0 spiro atoms. The van der Waals surface area contributed by atoms with Crippen molar-refractivity contribution in [2.45, 2.75) is 123 Å². The minimum atomic E-state index is -0.477. The van der Waals surface area contributed by atoms with Crippen LogP contribution < -0.4 is 0 Å². The first-order chi connectivity index (χ1) is 14.1. The van der Waals surface area contributed by atoms with E-state index in [1.165, 1.54) is 44.9 Å². The lowest BCUT2D eigenvalue weighted by Gasteiger charge is -2.58. The molecular weight excluding hydrogens is 368 g/mol. The highest BCUT2D eigenvalue weighted by Crippen LogP contribution is 2.67. The van der Waals surface area contributed by atoms with E-state index in [0.717, 1.165) is 61.7 Å². The van der Waals surface area contributed by atoms with Gasteiger partial charge in [0.2, 0.25) is 0 Å². The molecule has 9 unspecified atom stereocenters. The molecule has 0 saturated heterocycles. The predicted molar refractivity (Wildman–Crippen MR) is 125 cm³/mol. The van der Waals surface area contributed by atoms with E-state index in [2.05, 4.69) is 33.8 Å². The molecule has 0 heterocycles. The number of aliphatic hydroxyl groups is 2. The summed E-state index contributed by atoms with van der Waals surface area (Å²) in [6.07, 6.45) is 16.8. The third-order valence-electron chi connectivity index (χ3n) is 11.0. The van der Waals surface area contributed by atoms with Gasteiger partial charge in [0, 0.05) is 0 Å². The van der Waals surface area contributed by atoms with Crippen LogP contribution in [0.15, 0.2) is 11.6 Å². The average molecular weight is 417 g/mol. The van der Waals surface area contributed by atoms with Gasteiger partial charge in [-0.1, -0.05) is 52.2 Å². The van der Waals surface area contributed by atoms with Crippen LogP contribution in [-0.2, 0) is 0 Å². The molecule has 0 radical (unpaired) electrons. The summed E-state index contributed by atoms with van der Waals surface area (Å²) in [7, 11) is 0. The summed E-state index contributed by atoms with van der Waals surface area (Å²) in [4.78, 5) is 0. The highest BCUT2D eigenvalue weighted by molar-refractivity contribution is 5.25. The quantitative estimate of drug-likeness (QED) is 0.463. The number of rotatable bonds is 6. The third-order valence-corrected chi connectivity index (χ3v) is 11.0. The Kier molecular flexibility index (Phi) is 6.26. The van der Waals surface area contributed by atoms with Gasteiger partial charge in [0.1, 0.15) is 0 Å². The molecule has 4 aliphatic carbocycles. The van der Waals surface area contributed by atoms with E-state index in [9.17, 15) is 10.2 Å². The predicted octanol–water partition coefficient (Wildman–Crippen LogP) is 6.89. The van der Waals surface area contributed by atoms with Crippen LogP contribution in [0.4, 0.5) is 0 Å². The van der Waals surface area contributed by atoms with Crippen molar-refractivity contribution >= 4 is 0 Å². The van der Waals surface area contributed by atoms with Crippen LogP contribution in [0.2, 0.25) is 0 Å². The summed E-state index contributed by atoms with van der Waals surface area (Å²) >= 11 is 0. The standard InChI is InChI=1S/C28H48O2/c1-6-26(3,30)15-7-8-19(2)23-11-12-24-22-10-9-20-18-21(29)13-16-27(20,4)25(22)14-17-28(23,24)5/h9,19,21-25,29-30H,6-8,10-18H2,1-5H3.